The second-order valence-corrected chi connectivity index (χ2v) is 5.38. The molecule has 1 aliphatic rings. The van der Waals surface area contributed by atoms with Gasteiger partial charge in [0.2, 0.25) is 0 Å². The fraction of sp³-hybridized carbons (Fsp3) is 1.00. The molecular weight excluding hydrogens is 174 g/mol. The van der Waals surface area contributed by atoms with E-state index in [4.69, 9.17) is 4.74 Å². The van der Waals surface area contributed by atoms with E-state index in [1.54, 1.807) is 0 Å². The van der Waals surface area contributed by atoms with Crippen LogP contribution < -0.4 is 0 Å². The molecule has 1 rings (SSSR count). The van der Waals surface area contributed by atoms with Gasteiger partial charge in [-0.05, 0) is 11.3 Å². The summed E-state index contributed by atoms with van der Waals surface area (Å²) in [4.78, 5) is 2.54. The van der Waals surface area contributed by atoms with E-state index in [1.807, 2.05) is 0 Å². The lowest BCUT2D eigenvalue weighted by molar-refractivity contribution is 0.0196. The highest BCUT2D eigenvalue weighted by atomic mass is 16.5. The molecule has 0 saturated carbocycles. The Morgan fingerprint density at radius 1 is 1.21 bits per heavy atom. The molecule has 0 radical (unpaired) electrons. The molecule has 1 saturated heterocycles. The monoisotopic (exact) mass is 199 g/mol. The maximum atomic E-state index is 5.36. The van der Waals surface area contributed by atoms with Gasteiger partial charge in [0.15, 0.2) is 0 Å². The molecule has 2 nitrogen and oxygen atoms in total. The fourth-order valence-corrected chi connectivity index (χ4v) is 2.11. The van der Waals surface area contributed by atoms with Crippen molar-refractivity contribution in [3.8, 4) is 0 Å². The van der Waals surface area contributed by atoms with Gasteiger partial charge >= 0.3 is 0 Å². The van der Waals surface area contributed by atoms with Crippen LogP contribution in [0.2, 0.25) is 0 Å². The van der Waals surface area contributed by atoms with E-state index >= 15 is 0 Å². The maximum absolute atomic E-state index is 5.36. The molecular formula is C12H25NO. The first-order valence-electron chi connectivity index (χ1n) is 5.84. The minimum atomic E-state index is 0.438. The Balaban J connectivity index is 2.39. The third-order valence-electron chi connectivity index (χ3n) is 3.30. The van der Waals surface area contributed by atoms with E-state index < -0.39 is 0 Å². The first kappa shape index (κ1) is 12.0. The molecule has 0 unspecified atom stereocenters. The van der Waals surface area contributed by atoms with Crippen molar-refractivity contribution in [2.75, 3.05) is 32.8 Å². The van der Waals surface area contributed by atoms with Crippen LogP contribution in [0.4, 0.5) is 0 Å². The van der Waals surface area contributed by atoms with E-state index in [1.165, 1.54) is 13.0 Å². The standard InChI is InChI=1S/C12H25NO/c1-5-11(12(2,3)4)10-13-6-8-14-9-7-13/h11H,5-10H2,1-4H3/t11-/m0/s1. The Bertz CT molecular complexity index is 156. The lowest BCUT2D eigenvalue weighted by Gasteiger charge is -2.36. The van der Waals surface area contributed by atoms with Gasteiger partial charge in [0.05, 0.1) is 13.2 Å². The minimum Gasteiger partial charge on any atom is -0.379 e. The Morgan fingerprint density at radius 2 is 1.79 bits per heavy atom. The summed E-state index contributed by atoms with van der Waals surface area (Å²) < 4.78 is 5.36. The molecule has 0 aliphatic carbocycles. The molecule has 0 amide bonds. The van der Waals surface area contributed by atoms with Crippen molar-refractivity contribution in [3.05, 3.63) is 0 Å². The number of rotatable bonds is 3. The minimum absolute atomic E-state index is 0.438. The topological polar surface area (TPSA) is 12.5 Å². The average Bonchev–Trinajstić information content (AvgIpc) is 2.14. The molecule has 0 N–H and O–H groups in total. The van der Waals surface area contributed by atoms with Gasteiger partial charge in [0, 0.05) is 19.6 Å². The van der Waals surface area contributed by atoms with E-state index in [0.29, 0.717) is 5.41 Å². The predicted molar refractivity (Wildman–Crippen MR) is 60.5 cm³/mol. The van der Waals surface area contributed by atoms with Crippen LogP contribution in [-0.2, 0) is 4.74 Å². The van der Waals surface area contributed by atoms with Crippen molar-refractivity contribution < 1.29 is 4.74 Å². The molecule has 84 valence electrons. The number of nitrogens with zero attached hydrogens (tertiary/aromatic N) is 1. The smallest absolute Gasteiger partial charge is 0.0594 e. The first-order valence-corrected chi connectivity index (χ1v) is 5.84. The largest absolute Gasteiger partial charge is 0.379 e. The summed E-state index contributed by atoms with van der Waals surface area (Å²) in [5.41, 5.74) is 0.438. The van der Waals surface area contributed by atoms with E-state index in [-0.39, 0.29) is 0 Å². The summed E-state index contributed by atoms with van der Waals surface area (Å²) in [6.07, 6.45) is 1.28. The van der Waals surface area contributed by atoms with Crippen LogP contribution in [-0.4, -0.2) is 37.7 Å². The highest BCUT2D eigenvalue weighted by Crippen LogP contribution is 2.29. The van der Waals surface area contributed by atoms with Crippen LogP contribution in [0.15, 0.2) is 0 Å². The fourth-order valence-electron chi connectivity index (χ4n) is 2.11. The van der Waals surface area contributed by atoms with Gasteiger partial charge in [-0.1, -0.05) is 34.1 Å². The quantitative estimate of drug-likeness (QED) is 0.692. The zero-order valence-electron chi connectivity index (χ0n) is 10.2. The van der Waals surface area contributed by atoms with Gasteiger partial charge < -0.3 is 4.74 Å². The Labute approximate surface area is 88.6 Å². The van der Waals surface area contributed by atoms with E-state index in [0.717, 1.165) is 32.2 Å². The number of hydrogen-bond donors (Lipinski definition) is 0. The zero-order chi connectivity index (χ0) is 10.6. The predicted octanol–water partition coefficient (Wildman–Crippen LogP) is 2.39. The highest BCUT2D eigenvalue weighted by molar-refractivity contribution is 4.77. The molecule has 0 aromatic rings. The second kappa shape index (κ2) is 5.13. The molecule has 0 spiro atoms. The van der Waals surface area contributed by atoms with Crippen LogP contribution in [0.1, 0.15) is 34.1 Å². The molecule has 1 heterocycles. The lowest BCUT2D eigenvalue weighted by Crippen LogP contribution is -2.41. The Morgan fingerprint density at radius 3 is 2.21 bits per heavy atom. The average molecular weight is 199 g/mol. The number of ether oxygens (including phenoxy) is 1. The van der Waals surface area contributed by atoms with Crippen LogP contribution in [0.3, 0.4) is 0 Å². The van der Waals surface area contributed by atoms with Gasteiger partial charge in [-0.2, -0.15) is 0 Å². The lowest BCUT2D eigenvalue weighted by atomic mass is 9.79. The van der Waals surface area contributed by atoms with Gasteiger partial charge in [0.1, 0.15) is 0 Å². The first-order chi connectivity index (χ1) is 6.54. The third kappa shape index (κ3) is 3.58. The van der Waals surface area contributed by atoms with Crippen LogP contribution in [0, 0.1) is 11.3 Å². The number of morpholine rings is 1. The molecule has 1 aliphatic heterocycles. The number of hydrogen-bond acceptors (Lipinski definition) is 2. The van der Waals surface area contributed by atoms with Gasteiger partial charge in [0.25, 0.3) is 0 Å². The van der Waals surface area contributed by atoms with Crippen molar-refractivity contribution in [2.24, 2.45) is 11.3 Å². The van der Waals surface area contributed by atoms with Gasteiger partial charge in [-0.15, -0.1) is 0 Å². The van der Waals surface area contributed by atoms with Crippen LogP contribution in [0.5, 0.6) is 0 Å². The van der Waals surface area contributed by atoms with Crippen LogP contribution >= 0.6 is 0 Å². The normalized spacial score (nSPS) is 22.3. The highest BCUT2D eigenvalue weighted by Gasteiger charge is 2.25. The SMILES string of the molecule is CC[C@@H](CN1CCOCC1)C(C)(C)C. The maximum Gasteiger partial charge on any atom is 0.0594 e. The molecule has 1 atom stereocenters. The molecule has 0 bridgehead atoms. The third-order valence-corrected chi connectivity index (χ3v) is 3.30. The molecule has 0 aromatic heterocycles. The van der Waals surface area contributed by atoms with Crippen molar-refractivity contribution in [2.45, 2.75) is 34.1 Å². The molecule has 0 aromatic carbocycles. The molecule has 2 heteroatoms. The summed E-state index contributed by atoms with van der Waals surface area (Å²) >= 11 is 0. The summed E-state index contributed by atoms with van der Waals surface area (Å²) in [6.45, 7) is 14.7. The van der Waals surface area contributed by atoms with Crippen molar-refractivity contribution >= 4 is 0 Å². The summed E-state index contributed by atoms with van der Waals surface area (Å²) in [5, 5.41) is 0. The van der Waals surface area contributed by atoms with Crippen molar-refractivity contribution in [3.63, 3.8) is 0 Å². The van der Waals surface area contributed by atoms with Crippen LogP contribution in [0.25, 0.3) is 0 Å². The summed E-state index contributed by atoms with van der Waals surface area (Å²) in [6, 6.07) is 0. The Hall–Kier alpha value is -0.0800. The van der Waals surface area contributed by atoms with E-state index in [2.05, 4.69) is 32.6 Å². The zero-order valence-corrected chi connectivity index (χ0v) is 10.2. The second-order valence-electron chi connectivity index (χ2n) is 5.38. The summed E-state index contributed by atoms with van der Waals surface area (Å²) in [5.74, 6) is 0.806. The summed E-state index contributed by atoms with van der Waals surface area (Å²) in [7, 11) is 0. The van der Waals surface area contributed by atoms with Crippen molar-refractivity contribution in [1.29, 1.82) is 0 Å². The van der Waals surface area contributed by atoms with Crippen molar-refractivity contribution in [1.82, 2.24) is 4.90 Å². The molecule has 14 heavy (non-hydrogen) atoms. The Kier molecular flexibility index (Phi) is 4.39. The van der Waals surface area contributed by atoms with Gasteiger partial charge in [-0.25, -0.2) is 0 Å². The van der Waals surface area contributed by atoms with Gasteiger partial charge in [-0.3, -0.25) is 4.90 Å². The van der Waals surface area contributed by atoms with E-state index in [9.17, 15) is 0 Å². The molecule has 1 fully saturated rings.